The minimum atomic E-state index is -0.639. The lowest BCUT2D eigenvalue weighted by atomic mass is 9.62. The molecule has 4 heterocycles. The van der Waals surface area contributed by atoms with Gasteiger partial charge in [-0.15, -0.1) is 22.7 Å². The average molecular weight is 989 g/mol. The number of hydrogen-bond acceptors (Lipinski definition) is 8. The standard InChI is InChI=1S/C62H56N2O6S2/c1-5-9-15-33(7-3)31-63-55(47-27-25-45(71-47)35-21-23-41-43(29-35)51-39-19-13-11-17-37(39)49(41)57(65)59(51)67)53-54(61(63)69)56(64(62(53)70)32-34(8-4)16-10-6-2)48-28-26-46(72-48)36-22-24-42-44(30-36)52-40-20-14-12-18-38(40)50(42)58(66)60(52)68/h11-14,17-30,33-34,49-52H,5-10,15-16,31-32H2,1-4H3. The third-order valence-electron chi connectivity index (χ3n) is 16.6. The fourth-order valence-corrected chi connectivity index (χ4v) is 14.9. The first-order chi connectivity index (χ1) is 35.1. The van der Waals surface area contributed by atoms with Gasteiger partial charge in [0.25, 0.3) is 11.8 Å². The number of hydrogen-bond donors (Lipinski definition) is 0. The molecule has 0 saturated carbocycles. The number of nitrogens with zero attached hydrogens (tertiary/aromatic N) is 2. The normalized spacial score (nSPS) is 21.2. The third-order valence-corrected chi connectivity index (χ3v) is 18.9. The van der Waals surface area contributed by atoms with Crippen molar-refractivity contribution in [1.82, 2.24) is 9.80 Å². The largest absolute Gasteiger partial charge is 0.306 e. The molecule has 2 aromatic heterocycles. The highest BCUT2D eigenvalue weighted by atomic mass is 32.1. The van der Waals surface area contributed by atoms with Gasteiger partial charge in [0.05, 0.1) is 56.0 Å². The summed E-state index contributed by atoms with van der Waals surface area (Å²) in [5.41, 5.74) is 11.2. The second-order valence-corrected chi connectivity index (χ2v) is 22.7. The zero-order chi connectivity index (χ0) is 49.7. The fraction of sp³-hybridized carbons (Fsp3) is 0.323. The van der Waals surface area contributed by atoms with E-state index < -0.39 is 23.7 Å². The van der Waals surface area contributed by atoms with Crippen LogP contribution in [0.3, 0.4) is 0 Å². The summed E-state index contributed by atoms with van der Waals surface area (Å²) in [7, 11) is 0. The second kappa shape index (κ2) is 18.1. The maximum absolute atomic E-state index is 15.6. The smallest absolute Gasteiger partial charge is 0.261 e. The maximum atomic E-state index is 15.6. The first kappa shape index (κ1) is 46.5. The van der Waals surface area contributed by atoms with Crippen molar-refractivity contribution in [3.05, 3.63) is 175 Å². The molecule has 6 aromatic rings. The Bertz CT molecular complexity index is 3180. The van der Waals surface area contributed by atoms with Gasteiger partial charge in [-0.25, -0.2) is 0 Å². The van der Waals surface area contributed by atoms with E-state index in [1.807, 2.05) is 94.7 Å². The quantitative estimate of drug-likeness (QED) is 0.0894. The monoisotopic (exact) mass is 988 g/mol. The molecule has 10 heteroatoms. The van der Waals surface area contributed by atoms with Crippen LogP contribution in [0.5, 0.6) is 0 Å². The van der Waals surface area contributed by atoms with Crippen LogP contribution < -0.4 is 0 Å². The van der Waals surface area contributed by atoms with Gasteiger partial charge in [0.2, 0.25) is 23.1 Å². The molecule has 4 aromatic carbocycles. The van der Waals surface area contributed by atoms with Gasteiger partial charge in [0.1, 0.15) is 0 Å². The van der Waals surface area contributed by atoms with E-state index in [0.717, 1.165) is 127 Å². The molecule has 6 atom stereocenters. The van der Waals surface area contributed by atoms with E-state index in [-0.39, 0.29) is 46.8 Å². The molecule has 14 rings (SSSR count). The van der Waals surface area contributed by atoms with E-state index in [1.165, 1.54) is 0 Å². The molecule has 0 spiro atoms. The van der Waals surface area contributed by atoms with Crippen molar-refractivity contribution in [2.75, 3.05) is 13.1 Å². The molecule has 8 nitrogen and oxygen atoms in total. The van der Waals surface area contributed by atoms with Gasteiger partial charge in [-0.1, -0.05) is 139 Å². The van der Waals surface area contributed by atoms with E-state index in [9.17, 15) is 19.2 Å². The van der Waals surface area contributed by atoms with Crippen LogP contribution in [0.2, 0.25) is 0 Å². The van der Waals surface area contributed by atoms with Gasteiger partial charge < -0.3 is 9.80 Å². The summed E-state index contributed by atoms with van der Waals surface area (Å²) in [5, 5.41) is 0. The maximum Gasteiger partial charge on any atom is 0.261 e. The summed E-state index contributed by atoms with van der Waals surface area (Å²) in [6.45, 7) is 9.73. The summed E-state index contributed by atoms with van der Waals surface area (Å²) >= 11 is 3.10. The highest BCUT2D eigenvalue weighted by Gasteiger charge is 2.52. The van der Waals surface area contributed by atoms with Gasteiger partial charge in [-0.05, 0) is 117 Å². The van der Waals surface area contributed by atoms with Crippen LogP contribution in [0.4, 0.5) is 0 Å². The van der Waals surface area contributed by atoms with E-state index in [0.29, 0.717) is 35.6 Å². The molecular weight excluding hydrogens is 933 g/mol. The van der Waals surface area contributed by atoms with E-state index >= 15 is 9.59 Å². The molecule has 2 aliphatic heterocycles. The molecule has 0 fully saturated rings. The lowest BCUT2D eigenvalue weighted by Crippen LogP contribution is -2.40. The Balaban J connectivity index is 0.973. The lowest BCUT2D eigenvalue weighted by molar-refractivity contribution is -0.138. The van der Waals surface area contributed by atoms with Gasteiger partial charge in [-0.3, -0.25) is 28.8 Å². The topological polar surface area (TPSA) is 109 Å². The number of amides is 2. The molecule has 6 unspecified atom stereocenters. The summed E-state index contributed by atoms with van der Waals surface area (Å²) in [4.78, 5) is 92.4. The lowest BCUT2D eigenvalue weighted by Gasteiger charge is -2.38. The minimum Gasteiger partial charge on any atom is -0.306 e. The molecule has 362 valence electrons. The number of fused-ring (bicyclic) bond motifs is 3. The molecule has 0 N–H and O–H groups in total. The van der Waals surface area contributed by atoms with E-state index in [4.69, 9.17) is 0 Å². The Labute approximate surface area is 428 Å². The van der Waals surface area contributed by atoms with Crippen LogP contribution in [-0.2, 0) is 28.8 Å². The summed E-state index contributed by atoms with van der Waals surface area (Å²) in [6.07, 6.45) is 7.93. The number of unbranched alkanes of at least 4 members (excludes halogenated alkanes) is 2. The average Bonchev–Trinajstić information content (AvgIpc) is 4.21. The fourth-order valence-electron chi connectivity index (χ4n) is 12.8. The van der Waals surface area contributed by atoms with Gasteiger partial charge in [0, 0.05) is 22.8 Å². The minimum absolute atomic E-state index is 0.148. The number of benzene rings is 4. The molecule has 0 saturated heterocycles. The zero-order valence-electron chi connectivity index (χ0n) is 41.1. The van der Waals surface area contributed by atoms with Crippen molar-refractivity contribution < 1.29 is 28.8 Å². The van der Waals surface area contributed by atoms with Crippen molar-refractivity contribution in [1.29, 1.82) is 0 Å². The van der Waals surface area contributed by atoms with Crippen LogP contribution in [0, 0.1) is 11.8 Å². The van der Waals surface area contributed by atoms with E-state index in [2.05, 4.69) is 52.0 Å². The van der Waals surface area contributed by atoms with Gasteiger partial charge >= 0.3 is 0 Å². The SMILES string of the molecule is CCCCC(CC)CN1C(=O)C2=C(c3ccc(-c4ccc5c(c4)C4C(=O)C(=O)C5c5ccccc54)s3)N(CC(CC)CCCC)C(=O)C2=C1c1ccc(-c2ccc3c(c2)C2C(=O)C(=O)C3c3ccccc32)s1. The van der Waals surface area contributed by atoms with Crippen LogP contribution in [0.15, 0.2) is 120 Å². The van der Waals surface area contributed by atoms with Gasteiger partial charge in [-0.2, -0.15) is 0 Å². The van der Waals surface area contributed by atoms with Crippen molar-refractivity contribution in [3.8, 4) is 20.9 Å². The summed E-state index contributed by atoms with van der Waals surface area (Å²) in [6, 6.07) is 36.0. The molecule has 0 radical (unpaired) electrons. The molecule has 4 bridgehead atoms. The molecule has 6 aliphatic carbocycles. The van der Waals surface area contributed by atoms with E-state index in [1.54, 1.807) is 22.7 Å². The Hall–Kier alpha value is -6.62. The van der Waals surface area contributed by atoms with Crippen molar-refractivity contribution in [2.45, 2.75) is 103 Å². The van der Waals surface area contributed by atoms with Crippen LogP contribution in [0.25, 0.3) is 32.3 Å². The van der Waals surface area contributed by atoms with Crippen LogP contribution >= 0.6 is 22.7 Å². The highest BCUT2D eigenvalue weighted by molar-refractivity contribution is 7.17. The third kappa shape index (κ3) is 7.02. The molecule has 72 heavy (non-hydrogen) atoms. The Kier molecular flexibility index (Phi) is 11.7. The van der Waals surface area contributed by atoms with Gasteiger partial charge in [0.15, 0.2) is 0 Å². The Morgan fingerprint density at radius 2 is 0.750 bits per heavy atom. The Morgan fingerprint density at radius 3 is 1.10 bits per heavy atom. The summed E-state index contributed by atoms with van der Waals surface area (Å²) in [5.74, 6) is -3.71. The number of Topliss-reactive ketones (excluding diaryl/α,β-unsaturated/α-hetero) is 4. The first-order valence-electron chi connectivity index (χ1n) is 26.0. The first-order valence-corrected chi connectivity index (χ1v) is 27.6. The molecule has 8 aliphatic rings. The van der Waals surface area contributed by atoms with Crippen molar-refractivity contribution in [2.24, 2.45) is 11.8 Å². The molecule has 2 amide bonds. The highest BCUT2D eigenvalue weighted by Crippen LogP contribution is 2.54. The number of carbonyl (C=O) groups is 6. The van der Waals surface area contributed by atoms with Crippen molar-refractivity contribution >= 4 is 69.0 Å². The number of ketones is 4. The predicted molar refractivity (Wildman–Crippen MR) is 284 cm³/mol. The Morgan fingerprint density at radius 1 is 0.417 bits per heavy atom. The zero-order valence-corrected chi connectivity index (χ0v) is 42.7. The number of carbonyl (C=O) groups excluding carboxylic acids is 6. The second-order valence-electron chi connectivity index (χ2n) is 20.6. The predicted octanol–water partition coefficient (Wildman–Crippen LogP) is 12.8. The van der Waals surface area contributed by atoms with Crippen LogP contribution in [-0.4, -0.2) is 57.8 Å². The van der Waals surface area contributed by atoms with Crippen LogP contribution in [0.1, 0.15) is 157 Å². The molecular formula is C62H56N2O6S2. The summed E-state index contributed by atoms with van der Waals surface area (Å²) < 4.78 is 0. The van der Waals surface area contributed by atoms with Crippen molar-refractivity contribution in [3.63, 3.8) is 0 Å². The number of rotatable bonds is 16. The number of thiophene rings is 2.